The standard InChI is InChI=1S/C17H35N5.HI/c1-4-21-10-8-9-15(21)13-19-16(18)20-14-17(2,3)22-11-6-5-7-12-22;/h15H,4-14H2,1-3H3,(H3,18,19,20);1H. The smallest absolute Gasteiger partial charge is 0.188 e. The fourth-order valence-corrected chi connectivity index (χ4v) is 3.70. The molecule has 5 nitrogen and oxygen atoms in total. The van der Waals surface area contributed by atoms with E-state index < -0.39 is 0 Å². The van der Waals surface area contributed by atoms with Crippen molar-refractivity contribution >= 4 is 29.9 Å². The van der Waals surface area contributed by atoms with Crippen LogP contribution in [0.25, 0.3) is 0 Å². The first-order valence-corrected chi connectivity index (χ1v) is 9.06. The minimum absolute atomic E-state index is 0. The molecular weight excluding hydrogens is 401 g/mol. The molecule has 23 heavy (non-hydrogen) atoms. The van der Waals surface area contributed by atoms with E-state index in [-0.39, 0.29) is 29.5 Å². The maximum atomic E-state index is 6.08. The van der Waals surface area contributed by atoms with Crippen LogP contribution in [-0.2, 0) is 0 Å². The molecular formula is C17H36IN5. The number of nitrogens with two attached hydrogens (primary N) is 1. The molecule has 2 saturated heterocycles. The zero-order chi connectivity index (χ0) is 16.0. The normalized spacial score (nSPS) is 24.5. The number of piperidine rings is 1. The average Bonchev–Trinajstić information content (AvgIpc) is 2.99. The number of rotatable bonds is 6. The number of guanidine groups is 1. The maximum absolute atomic E-state index is 6.08. The zero-order valence-electron chi connectivity index (χ0n) is 15.2. The van der Waals surface area contributed by atoms with Crippen molar-refractivity contribution in [2.75, 3.05) is 39.3 Å². The Morgan fingerprint density at radius 1 is 1.17 bits per heavy atom. The van der Waals surface area contributed by atoms with Gasteiger partial charge in [-0.25, -0.2) is 0 Å². The zero-order valence-corrected chi connectivity index (χ0v) is 17.5. The third-order valence-electron chi connectivity index (χ3n) is 5.27. The van der Waals surface area contributed by atoms with Gasteiger partial charge in [-0.3, -0.25) is 14.8 Å². The molecule has 0 aromatic heterocycles. The van der Waals surface area contributed by atoms with E-state index in [1.54, 1.807) is 0 Å². The number of aliphatic imine (C=N–C) groups is 1. The molecule has 0 spiro atoms. The van der Waals surface area contributed by atoms with E-state index >= 15 is 0 Å². The van der Waals surface area contributed by atoms with Crippen molar-refractivity contribution in [1.82, 2.24) is 15.1 Å². The topological polar surface area (TPSA) is 56.9 Å². The van der Waals surface area contributed by atoms with E-state index in [0.29, 0.717) is 12.0 Å². The molecule has 0 saturated carbocycles. The molecule has 1 unspecified atom stereocenters. The molecule has 6 heteroatoms. The Balaban J connectivity index is 0.00000264. The first-order chi connectivity index (χ1) is 10.5. The Kier molecular flexibility index (Phi) is 9.15. The predicted molar refractivity (Wildman–Crippen MR) is 110 cm³/mol. The third kappa shape index (κ3) is 6.38. The van der Waals surface area contributed by atoms with Crippen molar-refractivity contribution in [3.05, 3.63) is 0 Å². The summed E-state index contributed by atoms with van der Waals surface area (Å²) in [5.41, 5.74) is 6.18. The third-order valence-corrected chi connectivity index (χ3v) is 5.27. The molecule has 0 aliphatic carbocycles. The van der Waals surface area contributed by atoms with Gasteiger partial charge in [0.05, 0.1) is 6.54 Å². The second-order valence-electron chi connectivity index (χ2n) is 7.37. The summed E-state index contributed by atoms with van der Waals surface area (Å²) >= 11 is 0. The number of hydrogen-bond donors (Lipinski definition) is 2. The van der Waals surface area contributed by atoms with Gasteiger partial charge in [0.2, 0.25) is 0 Å². The number of likely N-dealkylation sites (N-methyl/N-ethyl adjacent to an activating group) is 1. The van der Waals surface area contributed by atoms with Crippen LogP contribution in [0.15, 0.2) is 4.99 Å². The van der Waals surface area contributed by atoms with Gasteiger partial charge < -0.3 is 11.1 Å². The highest BCUT2D eigenvalue weighted by Crippen LogP contribution is 2.20. The highest BCUT2D eigenvalue weighted by molar-refractivity contribution is 14.0. The maximum Gasteiger partial charge on any atom is 0.188 e. The monoisotopic (exact) mass is 437 g/mol. The first-order valence-electron chi connectivity index (χ1n) is 9.06. The molecule has 2 fully saturated rings. The molecule has 0 amide bonds. The SMILES string of the molecule is CCN1CCCC1CNC(N)=NCC(C)(C)N1CCCCC1.I. The Morgan fingerprint density at radius 2 is 1.87 bits per heavy atom. The molecule has 0 bridgehead atoms. The summed E-state index contributed by atoms with van der Waals surface area (Å²) in [4.78, 5) is 9.69. The highest BCUT2D eigenvalue weighted by atomic mass is 127. The van der Waals surface area contributed by atoms with Gasteiger partial charge in [-0.15, -0.1) is 24.0 Å². The average molecular weight is 437 g/mol. The number of nitrogens with one attached hydrogen (secondary N) is 1. The predicted octanol–water partition coefficient (Wildman–Crippen LogP) is 2.26. The molecule has 2 heterocycles. The van der Waals surface area contributed by atoms with Crippen LogP contribution in [-0.4, -0.2) is 66.6 Å². The quantitative estimate of drug-likeness (QED) is 0.380. The van der Waals surface area contributed by atoms with Crippen LogP contribution in [0.5, 0.6) is 0 Å². The van der Waals surface area contributed by atoms with Crippen LogP contribution in [0.2, 0.25) is 0 Å². The lowest BCUT2D eigenvalue weighted by Crippen LogP contribution is -2.49. The number of likely N-dealkylation sites (tertiary alicyclic amines) is 2. The highest BCUT2D eigenvalue weighted by Gasteiger charge is 2.27. The summed E-state index contributed by atoms with van der Waals surface area (Å²) in [6.07, 6.45) is 6.58. The summed E-state index contributed by atoms with van der Waals surface area (Å²) in [5, 5.41) is 3.33. The van der Waals surface area contributed by atoms with Crippen LogP contribution in [0.1, 0.15) is 52.9 Å². The molecule has 1 atom stereocenters. The molecule has 2 aliphatic rings. The second kappa shape index (κ2) is 10.0. The van der Waals surface area contributed by atoms with Crippen LogP contribution in [0.3, 0.4) is 0 Å². The molecule has 136 valence electrons. The second-order valence-corrected chi connectivity index (χ2v) is 7.37. The van der Waals surface area contributed by atoms with Crippen LogP contribution in [0, 0.1) is 0 Å². The van der Waals surface area contributed by atoms with Crippen molar-refractivity contribution in [3.63, 3.8) is 0 Å². The van der Waals surface area contributed by atoms with E-state index in [9.17, 15) is 0 Å². The molecule has 2 aliphatic heterocycles. The molecule has 0 radical (unpaired) electrons. The Morgan fingerprint density at radius 3 is 2.52 bits per heavy atom. The minimum Gasteiger partial charge on any atom is -0.370 e. The Labute approximate surface area is 159 Å². The van der Waals surface area contributed by atoms with Gasteiger partial charge in [0.25, 0.3) is 0 Å². The van der Waals surface area contributed by atoms with E-state index in [1.165, 1.54) is 51.7 Å². The van der Waals surface area contributed by atoms with E-state index in [0.717, 1.165) is 19.6 Å². The van der Waals surface area contributed by atoms with Crippen molar-refractivity contribution < 1.29 is 0 Å². The fraction of sp³-hybridized carbons (Fsp3) is 0.941. The van der Waals surface area contributed by atoms with E-state index in [4.69, 9.17) is 5.73 Å². The van der Waals surface area contributed by atoms with Crippen molar-refractivity contribution in [3.8, 4) is 0 Å². The van der Waals surface area contributed by atoms with E-state index in [1.807, 2.05) is 0 Å². The van der Waals surface area contributed by atoms with Crippen molar-refractivity contribution in [2.45, 2.75) is 64.5 Å². The van der Waals surface area contributed by atoms with Gasteiger partial charge in [0.1, 0.15) is 0 Å². The largest absolute Gasteiger partial charge is 0.370 e. The lowest BCUT2D eigenvalue weighted by Gasteiger charge is -2.40. The summed E-state index contributed by atoms with van der Waals surface area (Å²) < 4.78 is 0. The molecule has 0 aromatic carbocycles. The summed E-state index contributed by atoms with van der Waals surface area (Å²) in [6.45, 7) is 13.2. The summed E-state index contributed by atoms with van der Waals surface area (Å²) in [6, 6.07) is 0.619. The summed E-state index contributed by atoms with van der Waals surface area (Å²) in [7, 11) is 0. The van der Waals surface area contributed by atoms with Gasteiger partial charge in [0.15, 0.2) is 5.96 Å². The molecule has 0 aromatic rings. The van der Waals surface area contributed by atoms with Crippen molar-refractivity contribution in [1.29, 1.82) is 0 Å². The Bertz CT molecular complexity index is 366. The molecule has 3 N–H and O–H groups in total. The van der Waals surface area contributed by atoms with Gasteiger partial charge in [-0.05, 0) is 65.7 Å². The lowest BCUT2D eigenvalue weighted by molar-refractivity contribution is 0.102. The van der Waals surface area contributed by atoms with Gasteiger partial charge in [-0.1, -0.05) is 13.3 Å². The fourth-order valence-electron chi connectivity index (χ4n) is 3.70. The first kappa shape index (κ1) is 21.0. The van der Waals surface area contributed by atoms with Crippen LogP contribution >= 0.6 is 24.0 Å². The van der Waals surface area contributed by atoms with Gasteiger partial charge in [-0.2, -0.15) is 0 Å². The van der Waals surface area contributed by atoms with Gasteiger partial charge in [0, 0.05) is 18.1 Å². The number of nitrogens with zero attached hydrogens (tertiary/aromatic N) is 3. The Hall–Kier alpha value is -0.0800. The van der Waals surface area contributed by atoms with Gasteiger partial charge >= 0.3 is 0 Å². The lowest BCUT2D eigenvalue weighted by atomic mass is 9.99. The molecule has 2 rings (SSSR count). The van der Waals surface area contributed by atoms with Crippen LogP contribution in [0.4, 0.5) is 0 Å². The van der Waals surface area contributed by atoms with E-state index in [2.05, 4.69) is 40.9 Å². The van der Waals surface area contributed by atoms with Crippen molar-refractivity contribution in [2.24, 2.45) is 10.7 Å². The van der Waals surface area contributed by atoms with Crippen LogP contribution < -0.4 is 11.1 Å². The summed E-state index contributed by atoms with van der Waals surface area (Å²) in [5.74, 6) is 0.605. The minimum atomic E-state index is 0. The number of halogens is 1. The number of hydrogen-bond acceptors (Lipinski definition) is 3.